The minimum absolute atomic E-state index is 0.0744. The molecule has 0 aliphatic rings. The highest BCUT2D eigenvalue weighted by molar-refractivity contribution is 7.16. The molecule has 1 aromatic heterocycles. The van der Waals surface area contributed by atoms with Gasteiger partial charge in [0, 0.05) is 10.4 Å². The van der Waals surface area contributed by atoms with Gasteiger partial charge in [-0.1, -0.05) is 6.92 Å². The molecule has 0 aliphatic heterocycles. The van der Waals surface area contributed by atoms with Gasteiger partial charge in [-0.2, -0.15) is 0 Å². The third-order valence-electron chi connectivity index (χ3n) is 3.34. The highest BCUT2D eigenvalue weighted by Crippen LogP contribution is 2.30. The average molecular weight is 361 g/mol. The highest BCUT2D eigenvalue weighted by Gasteiger charge is 2.19. The Hall–Kier alpha value is -2.34. The lowest BCUT2D eigenvalue weighted by molar-refractivity contribution is 0.0528. The van der Waals surface area contributed by atoms with Crippen molar-refractivity contribution in [2.24, 2.45) is 0 Å². The molecule has 134 valence electrons. The lowest BCUT2D eigenvalue weighted by Crippen LogP contribution is -2.14. The summed E-state index contributed by atoms with van der Waals surface area (Å²) in [4.78, 5) is 25.6. The number of benzene rings is 1. The monoisotopic (exact) mass is 361 g/mol. The van der Waals surface area contributed by atoms with Crippen LogP contribution in [0.3, 0.4) is 0 Å². The molecule has 0 saturated carbocycles. The molecule has 0 spiro atoms. The number of carbonyl (C=O) groups excluding carboxylic acids is 2. The lowest BCUT2D eigenvalue weighted by atomic mass is 10.2. The SMILES string of the molecule is CCOC(=O)c1cc(CC)sc1NC(=O)c1ccc(OC(C)C)cc1. The second-order valence-corrected chi connectivity index (χ2v) is 6.81. The van der Waals surface area contributed by atoms with Gasteiger partial charge < -0.3 is 14.8 Å². The Morgan fingerprint density at radius 2 is 1.84 bits per heavy atom. The van der Waals surface area contributed by atoms with E-state index in [9.17, 15) is 9.59 Å². The van der Waals surface area contributed by atoms with Crippen LogP contribution in [0.2, 0.25) is 0 Å². The number of anilines is 1. The highest BCUT2D eigenvalue weighted by atomic mass is 32.1. The summed E-state index contributed by atoms with van der Waals surface area (Å²) in [5, 5.41) is 3.34. The molecule has 0 aliphatic carbocycles. The zero-order chi connectivity index (χ0) is 18.4. The summed E-state index contributed by atoms with van der Waals surface area (Å²) in [5.41, 5.74) is 0.897. The van der Waals surface area contributed by atoms with Crippen LogP contribution in [0, 0.1) is 0 Å². The third kappa shape index (κ3) is 5.06. The van der Waals surface area contributed by atoms with Gasteiger partial charge in [-0.15, -0.1) is 11.3 Å². The minimum atomic E-state index is -0.422. The van der Waals surface area contributed by atoms with Crippen LogP contribution in [-0.4, -0.2) is 24.6 Å². The van der Waals surface area contributed by atoms with E-state index in [1.165, 1.54) is 11.3 Å². The van der Waals surface area contributed by atoms with Crippen LogP contribution in [0.5, 0.6) is 5.75 Å². The maximum atomic E-state index is 12.5. The van der Waals surface area contributed by atoms with Crippen molar-refractivity contribution in [2.75, 3.05) is 11.9 Å². The fourth-order valence-corrected chi connectivity index (χ4v) is 3.18. The zero-order valence-electron chi connectivity index (χ0n) is 14.9. The number of hydrogen-bond donors (Lipinski definition) is 1. The molecule has 25 heavy (non-hydrogen) atoms. The average Bonchev–Trinajstić information content (AvgIpc) is 2.98. The van der Waals surface area contributed by atoms with Gasteiger partial charge in [0.25, 0.3) is 5.91 Å². The zero-order valence-corrected chi connectivity index (χ0v) is 15.7. The summed E-state index contributed by atoms with van der Waals surface area (Å²) in [6, 6.07) is 8.69. The van der Waals surface area contributed by atoms with Crippen molar-refractivity contribution in [3.8, 4) is 5.75 Å². The third-order valence-corrected chi connectivity index (χ3v) is 4.54. The van der Waals surface area contributed by atoms with E-state index in [0.717, 1.165) is 11.3 Å². The minimum Gasteiger partial charge on any atom is -0.491 e. The largest absolute Gasteiger partial charge is 0.491 e. The number of ether oxygens (including phenoxy) is 2. The van der Waals surface area contributed by atoms with Crippen molar-refractivity contribution in [2.45, 2.75) is 40.2 Å². The molecule has 2 rings (SSSR count). The van der Waals surface area contributed by atoms with E-state index in [-0.39, 0.29) is 12.0 Å². The summed E-state index contributed by atoms with van der Waals surface area (Å²) in [7, 11) is 0. The number of esters is 1. The van der Waals surface area contributed by atoms with Crippen LogP contribution in [-0.2, 0) is 11.2 Å². The number of carbonyl (C=O) groups is 2. The van der Waals surface area contributed by atoms with Gasteiger partial charge in [0.1, 0.15) is 10.8 Å². The fourth-order valence-electron chi connectivity index (χ4n) is 2.20. The van der Waals surface area contributed by atoms with Crippen molar-refractivity contribution in [1.29, 1.82) is 0 Å². The summed E-state index contributed by atoms with van der Waals surface area (Å²) >= 11 is 1.39. The Balaban J connectivity index is 2.16. The summed E-state index contributed by atoms with van der Waals surface area (Å²) in [6.07, 6.45) is 0.860. The normalized spacial score (nSPS) is 10.6. The molecular weight excluding hydrogens is 338 g/mol. The molecule has 0 fully saturated rings. The molecule has 0 unspecified atom stereocenters. The Kier molecular flexibility index (Phi) is 6.58. The first-order chi connectivity index (χ1) is 11.9. The molecule has 1 amide bonds. The molecule has 0 atom stereocenters. The van der Waals surface area contributed by atoms with E-state index in [1.807, 2.05) is 20.8 Å². The molecular formula is C19H23NO4S. The van der Waals surface area contributed by atoms with E-state index in [2.05, 4.69) is 5.32 Å². The molecule has 0 bridgehead atoms. The molecule has 0 radical (unpaired) electrons. The first-order valence-electron chi connectivity index (χ1n) is 8.32. The molecule has 0 saturated heterocycles. The Morgan fingerprint density at radius 3 is 2.40 bits per heavy atom. The van der Waals surface area contributed by atoms with E-state index in [4.69, 9.17) is 9.47 Å². The second kappa shape index (κ2) is 8.67. The van der Waals surface area contributed by atoms with E-state index in [1.54, 1.807) is 37.3 Å². The summed E-state index contributed by atoms with van der Waals surface area (Å²) in [5.74, 6) is 0.0173. The van der Waals surface area contributed by atoms with Crippen LogP contribution in [0.4, 0.5) is 5.00 Å². The van der Waals surface area contributed by atoms with Crippen LogP contribution in [0.25, 0.3) is 0 Å². The standard InChI is InChI=1S/C19H23NO4S/c1-5-15-11-16(19(22)23-6-2)18(25-15)20-17(21)13-7-9-14(10-8-13)24-12(3)4/h7-12H,5-6H2,1-4H3,(H,20,21). The van der Waals surface area contributed by atoms with Gasteiger partial charge in [0.15, 0.2) is 0 Å². The molecule has 1 heterocycles. The predicted molar refractivity (Wildman–Crippen MR) is 99.8 cm³/mol. The van der Waals surface area contributed by atoms with Gasteiger partial charge in [0.2, 0.25) is 0 Å². The van der Waals surface area contributed by atoms with Crippen molar-refractivity contribution >= 4 is 28.2 Å². The number of thiophene rings is 1. The predicted octanol–water partition coefficient (Wildman–Crippen LogP) is 4.53. The van der Waals surface area contributed by atoms with E-state index in [0.29, 0.717) is 28.5 Å². The first-order valence-corrected chi connectivity index (χ1v) is 9.14. The van der Waals surface area contributed by atoms with Gasteiger partial charge in [-0.25, -0.2) is 4.79 Å². The number of rotatable bonds is 7. The van der Waals surface area contributed by atoms with Gasteiger partial charge in [-0.05, 0) is 57.5 Å². The first kappa shape index (κ1) is 19.0. The summed E-state index contributed by atoms with van der Waals surface area (Å²) < 4.78 is 10.6. The smallest absolute Gasteiger partial charge is 0.341 e. The fraction of sp³-hybridized carbons (Fsp3) is 0.368. The number of amides is 1. The Bertz CT molecular complexity index is 734. The van der Waals surface area contributed by atoms with E-state index < -0.39 is 5.97 Å². The van der Waals surface area contributed by atoms with Crippen LogP contribution < -0.4 is 10.1 Å². The number of nitrogens with one attached hydrogen (secondary N) is 1. The van der Waals surface area contributed by atoms with Crippen molar-refractivity contribution in [3.63, 3.8) is 0 Å². The Morgan fingerprint density at radius 1 is 1.16 bits per heavy atom. The van der Waals surface area contributed by atoms with Crippen LogP contribution >= 0.6 is 11.3 Å². The topological polar surface area (TPSA) is 64.6 Å². The van der Waals surface area contributed by atoms with Crippen LogP contribution in [0.15, 0.2) is 30.3 Å². The quantitative estimate of drug-likeness (QED) is 0.736. The summed E-state index contributed by atoms with van der Waals surface area (Å²) in [6.45, 7) is 7.93. The molecule has 6 heteroatoms. The van der Waals surface area contributed by atoms with Crippen LogP contribution in [0.1, 0.15) is 53.3 Å². The van der Waals surface area contributed by atoms with Crippen molar-refractivity contribution < 1.29 is 19.1 Å². The molecule has 1 aromatic carbocycles. The van der Waals surface area contributed by atoms with E-state index >= 15 is 0 Å². The number of hydrogen-bond acceptors (Lipinski definition) is 5. The van der Waals surface area contributed by atoms with Crippen molar-refractivity contribution in [1.82, 2.24) is 0 Å². The van der Waals surface area contributed by atoms with Gasteiger partial charge >= 0.3 is 5.97 Å². The maximum absolute atomic E-state index is 12.5. The number of aryl methyl sites for hydroxylation is 1. The lowest BCUT2D eigenvalue weighted by Gasteiger charge is -2.10. The van der Waals surface area contributed by atoms with Gasteiger partial charge in [0.05, 0.1) is 18.3 Å². The van der Waals surface area contributed by atoms with Gasteiger partial charge in [-0.3, -0.25) is 4.79 Å². The molecule has 5 nitrogen and oxygen atoms in total. The van der Waals surface area contributed by atoms with Crippen molar-refractivity contribution in [3.05, 3.63) is 46.3 Å². The second-order valence-electron chi connectivity index (χ2n) is 5.67. The molecule has 1 N–H and O–H groups in total. The maximum Gasteiger partial charge on any atom is 0.341 e. The Labute approximate surface area is 152 Å². The molecule has 2 aromatic rings.